The van der Waals surface area contributed by atoms with Gasteiger partial charge in [0.1, 0.15) is 11.9 Å². The molecular weight excluding hydrogens is 509 g/mol. The topological polar surface area (TPSA) is 64.6 Å². The molecule has 1 saturated heterocycles. The summed E-state index contributed by atoms with van der Waals surface area (Å²) < 4.78 is 22.4. The average molecular weight is 541 g/mol. The molecule has 0 bridgehead atoms. The first-order valence-electron chi connectivity index (χ1n) is 10.0. The molecule has 0 amide bonds. The van der Waals surface area contributed by atoms with Crippen LogP contribution in [0, 0.1) is 6.92 Å². The SMILES string of the molecule is CN=C(NCc1cc(OC)c(OC)cc1OC)N1CCOC(c2ccccc2C)C1.I. The van der Waals surface area contributed by atoms with E-state index in [2.05, 4.69) is 46.4 Å². The summed E-state index contributed by atoms with van der Waals surface area (Å²) in [4.78, 5) is 6.72. The van der Waals surface area contributed by atoms with E-state index in [9.17, 15) is 0 Å². The van der Waals surface area contributed by atoms with Crippen LogP contribution in [0.2, 0.25) is 0 Å². The van der Waals surface area contributed by atoms with E-state index in [4.69, 9.17) is 18.9 Å². The first-order valence-corrected chi connectivity index (χ1v) is 10.0. The van der Waals surface area contributed by atoms with E-state index in [0.717, 1.165) is 30.4 Å². The van der Waals surface area contributed by atoms with Crippen molar-refractivity contribution in [2.45, 2.75) is 19.6 Å². The van der Waals surface area contributed by atoms with Crippen LogP contribution in [-0.2, 0) is 11.3 Å². The van der Waals surface area contributed by atoms with Crippen LogP contribution < -0.4 is 19.5 Å². The second-order valence-corrected chi connectivity index (χ2v) is 7.08. The van der Waals surface area contributed by atoms with Crippen LogP contribution >= 0.6 is 24.0 Å². The molecule has 1 heterocycles. The van der Waals surface area contributed by atoms with Gasteiger partial charge in [-0.2, -0.15) is 0 Å². The van der Waals surface area contributed by atoms with Crippen LogP contribution in [0.3, 0.4) is 0 Å². The molecule has 1 aliphatic rings. The average Bonchev–Trinajstić information content (AvgIpc) is 2.79. The summed E-state index contributed by atoms with van der Waals surface area (Å²) in [5.41, 5.74) is 3.42. The number of ether oxygens (including phenoxy) is 4. The summed E-state index contributed by atoms with van der Waals surface area (Å²) in [5, 5.41) is 3.45. The second-order valence-electron chi connectivity index (χ2n) is 7.08. The minimum Gasteiger partial charge on any atom is -0.496 e. The Balaban J connectivity index is 0.00000341. The number of methoxy groups -OCH3 is 3. The van der Waals surface area contributed by atoms with Gasteiger partial charge in [0.05, 0.1) is 34.5 Å². The lowest BCUT2D eigenvalue weighted by atomic mass is 10.0. The van der Waals surface area contributed by atoms with Crippen molar-refractivity contribution in [3.05, 3.63) is 53.1 Å². The molecule has 2 aromatic carbocycles. The highest BCUT2D eigenvalue weighted by Gasteiger charge is 2.25. The Kier molecular flexibility index (Phi) is 9.70. The molecule has 1 aliphatic heterocycles. The highest BCUT2D eigenvalue weighted by molar-refractivity contribution is 14.0. The van der Waals surface area contributed by atoms with Gasteiger partial charge in [0.2, 0.25) is 0 Å². The van der Waals surface area contributed by atoms with E-state index in [1.807, 2.05) is 12.1 Å². The summed E-state index contributed by atoms with van der Waals surface area (Å²) in [6.07, 6.45) is 0.0223. The van der Waals surface area contributed by atoms with Crippen molar-refractivity contribution in [3.63, 3.8) is 0 Å². The van der Waals surface area contributed by atoms with Crippen LogP contribution in [0.25, 0.3) is 0 Å². The molecule has 170 valence electrons. The summed E-state index contributed by atoms with van der Waals surface area (Å²) in [6, 6.07) is 12.1. The smallest absolute Gasteiger partial charge is 0.194 e. The number of aryl methyl sites for hydroxylation is 1. The fourth-order valence-electron chi connectivity index (χ4n) is 3.72. The zero-order valence-electron chi connectivity index (χ0n) is 18.8. The van der Waals surface area contributed by atoms with Crippen LogP contribution in [0.5, 0.6) is 17.2 Å². The van der Waals surface area contributed by atoms with Crippen molar-refractivity contribution in [2.24, 2.45) is 4.99 Å². The Morgan fingerprint density at radius 1 is 1.10 bits per heavy atom. The fraction of sp³-hybridized carbons (Fsp3) is 0.435. The van der Waals surface area contributed by atoms with Crippen molar-refractivity contribution in [1.29, 1.82) is 0 Å². The standard InChI is InChI=1S/C23H31N3O4.HI/c1-16-8-6-7-9-18(16)22-15-26(10-11-30-22)23(24-2)25-14-17-12-20(28-4)21(29-5)13-19(17)27-3;/h6-9,12-13,22H,10-11,14-15H2,1-5H3,(H,24,25);1H. The normalized spacial score (nSPS) is 16.4. The molecule has 2 aromatic rings. The van der Waals surface area contributed by atoms with Crippen molar-refractivity contribution in [3.8, 4) is 17.2 Å². The largest absolute Gasteiger partial charge is 0.496 e. The number of halogens is 1. The van der Waals surface area contributed by atoms with Crippen molar-refractivity contribution in [2.75, 3.05) is 48.1 Å². The van der Waals surface area contributed by atoms with Gasteiger partial charge in [0, 0.05) is 31.8 Å². The minimum atomic E-state index is 0. The third kappa shape index (κ3) is 5.94. The van der Waals surface area contributed by atoms with Gasteiger partial charge in [0.15, 0.2) is 17.5 Å². The monoisotopic (exact) mass is 541 g/mol. The van der Waals surface area contributed by atoms with Gasteiger partial charge < -0.3 is 29.2 Å². The van der Waals surface area contributed by atoms with E-state index in [1.165, 1.54) is 11.1 Å². The van der Waals surface area contributed by atoms with E-state index in [-0.39, 0.29) is 30.1 Å². The lowest BCUT2D eigenvalue weighted by molar-refractivity contribution is -0.00834. The number of morpholine rings is 1. The van der Waals surface area contributed by atoms with Crippen LogP contribution in [0.15, 0.2) is 41.4 Å². The van der Waals surface area contributed by atoms with Gasteiger partial charge in [-0.05, 0) is 24.1 Å². The van der Waals surface area contributed by atoms with E-state index < -0.39 is 0 Å². The third-order valence-corrected chi connectivity index (χ3v) is 5.34. The fourth-order valence-corrected chi connectivity index (χ4v) is 3.72. The quantitative estimate of drug-likeness (QED) is 0.341. The van der Waals surface area contributed by atoms with Crippen LogP contribution in [0.4, 0.5) is 0 Å². The van der Waals surface area contributed by atoms with Gasteiger partial charge in [-0.3, -0.25) is 4.99 Å². The summed E-state index contributed by atoms with van der Waals surface area (Å²) in [6.45, 7) is 4.84. The second kappa shape index (κ2) is 12.0. The van der Waals surface area contributed by atoms with Gasteiger partial charge in [-0.25, -0.2) is 0 Å². The molecule has 0 aliphatic carbocycles. The molecule has 31 heavy (non-hydrogen) atoms. The molecule has 3 rings (SSSR count). The molecule has 0 aromatic heterocycles. The molecule has 0 radical (unpaired) electrons. The molecule has 0 spiro atoms. The maximum Gasteiger partial charge on any atom is 0.194 e. The zero-order chi connectivity index (χ0) is 21.5. The Morgan fingerprint density at radius 3 is 2.42 bits per heavy atom. The summed E-state index contributed by atoms with van der Waals surface area (Å²) in [5.74, 6) is 2.86. The Bertz CT molecular complexity index is 891. The maximum absolute atomic E-state index is 6.05. The van der Waals surface area contributed by atoms with E-state index in [0.29, 0.717) is 24.7 Å². The number of rotatable bonds is 6. The maximum atomic E-state index is 6.05. The molecule has 1 atom stereocenters. The number of nitrogens with one attached hydrogen (secondary N) is 1. The Hall–Kier alpha value is -2.20. The van der Waals surface area contributed by atoms with Crippen LogP contribution in [-0.4, -0.2) is 58.9 Å². The Morgan fingerprint density at radius 2 is 1.77 bits per heavy atom. The van der Waals surface area contributed by atoms with Gasteiger partial charge in [-0.1, -0.05) is 24.3 Å². The molecule has 1 N–H and O–H groups in total. The highest BCUT2D eigenvalue weighted by atomic mass is 127. The molecular formula is C23H32IN3O4. The Labute approximate surface area is 201 Å². The molecule has 7 nitrogen and oxygen atoms in total. The zero-order valence-corrected chi connectivity index (χ0v) is 21.1. The lowest BCUT2D eigenvalue weighted by Crippen LogP contribution is -2.48. The summed E-state index contributed by atoms with van der Waals surface area (Å²) in [7, 11) is 6.68. The van der Waals surface area contributed by atoms with Crippen LogP contribution in [0.1, 0.15) is 22.8 Å². The van der Waals surface area contributed by atoms with Gasteiger partial charge in [-0.15, -0.1) is 24.0 Å². The third-order valence-electron chi connectivity index (χ3n) is 5.34. The van der Waals surface area contributed by atoms with Crippen molar-refractivity contribution >= 4 is 29.9 Å². The number of benzene rings is 2. The number of nitrogens with zero attached hydrogens (tertiary/aromatic N) is 2. The molecule has 1 fully saturated rings. The predicted octanol–water partition coefficient (Wildman–Crippen LogP) is 3.79. The highest BCUT2D eigenvalue weighted by Crippen LogP contribution is 2.34. The van der Waals surface area contributed by atoms with Crippen molar-refractivity contribution in [1.82, 2.24) is 10.2 Å². The minimum absolute atomic E-state index is 0. The lowest BCUT2D eigenvalue weighted by Gasteiger charge is -2.35. The predicted molar refractivity (Wildman–Crippen MR) is 133 cm³/mol. The van der Waals surface area contributed by atoms with Gasteiger partial charge in [0.25, 0.3) is 0 Å². The molecule has 8 heteroatoms. The molecule has 1 unspecified atom stereocenters. The number of hydrogen-bond acceptors (Lipinski definition) is 5. The number of aliphatic imine (C=N–C) groups is 1. The molecule has 0 saturated carbocycles. The van der Waals surface area contributed by atoms with Crippen molar-refractivity contribution < 1.29 is 18.9 Å². The first-order chi connectivity index (χ1) is 14.6. The number of guanidine groups is 1. The first kappa shape index (κ1) is 25.1. The van der Waals surface area contributed by atoms with E-state index >= 15 is 0 Å². The summed E-state index contributed by atoms with van der Waals surface area (Å²) >= 11 is 0. The number of hydrogen-bond donors (Lipinski definition) is 1. The van der Waals surface area contributed by atoms with Gasteiger partial charge >= 0.3 is 0 Å². The van der Waals surface area contributed by atoms with E-state index in [1.54, 1.807) is 28.4 Å².